The van der Waals surface area contributed by atoms with E-state index < -0.39 is 6.04 Å². The summed E-state index contributed by atoms with van der Waals surface area (Å²) >= 11 is 0. The van der Waals surface area contributed by atoms with Crippen LogP contribution < -0.4 is 20.1 Å². The predicted molar refractivity (Wildman–Crippen MR) is 144 cm³/mol. The Kier molecular flexibility index (Phi) is 8.92. The normalized spacial score (nSPS) is 11.3. The van der Waals surface area contributed by atoms with Gasteiger partial charge in [0.1, 0.15) is 23.3 Å². The van der Waals surface area contributed by atoms with E-state index in [-0.39, 0.29) is 18.2 Å². The Hall–Kier alpha value is -4.58. The van der Waals surface area contributed by atoms with Gasteiger partial charge in [0, 0.05) is 13.0 Å². The molecule has 1 unspecified atom stereocenters. The molecule has 0 bridgehead atoms. The van der Waals surface area contributed by atoms with Gasteiger partial charge in [0.05, 0.1) is 13.5 Å². The largest absolute Gasteiger partial charge is 0.497 e. The molecule has 1 atom stereocenters. The van der Waals surface area contributed by atoms with Crippen LogP contribution in [0.1, 0.15) is 16.7 Å². The standard InChI is InChI=1S/C31H30N2O4/c1-36-26-17-15-23(16-18-26)21-30(34)33-29(31(35)32-22-24-9-4-2-5-10-24)20-25-11-8-14-28(19-25)37-27-12-6-3-7-13-27/h2-19,29H,20-22H2,1H3,(H,32,35)(H,33,34). The van der Waals surface area contributed by atoms with Crippen LogP contribution in [0.2, 0.25) is 0 Å². The van der Waals surface area contributed by atoms with Gasteiger partial charge >= 0.3 is 0 Å². The number of nitrogens with one attached hydrogen (secondary N) is 2. The van der Waals surface area contributed by atoms with Crippen molar-refractivity contribution in [2.75, 3.05) is 7.11 Å². The van der Waals surface area contributed by atoms with Gasteiger partial charge in [0.15, 0.2) is 0 Å². The van der Waals surface area contributed by atoms with Crippen molar-refractivity contribution in [2.24, 2.45) is 0 Å². The van der Waals surface area contributed by atoms with Gasteiger partial charge < -0.3 is 20.1 Å². The Morgan fingerprint density at radius 2 is 1.35 bits per heavy atom. The van der Waals surface area contributed by atoms with Gasteiger partial charge in [-0.15, -0.1) is 0 Å². The SMILES string of the molecule is COc1ccc(CC(=O)NC(Cc2cccc(Oc3ccccc3)c2)C(=O)NCc2ccccc2)cc1. The van der Waals surface area contributed by atoms with Crippen LogP contribution >= 0.6 is 0 Å². The van der Waals surface area contributed by atoms with Crippen molar-refractivity contribution in [3.05, 3.63) is 126 Å². The lowest BCUT2D eigenvalue weighted by Gasteiger charge is -2.19. The van der Waals surface area contributed by atoms with Gasteiger partial charge in [-0.25, -0.2) is 0 Å². The van der Waals surface area contributed by atoms with Crippen molar-refractivity contribution in [3.8, 4) is 17.2 Å². The number of amides is 2. The molecule has 0 aliphatic rings. The van der Waals surface area contributed by atoms with E-state index in [1.807, 2.05) is 109 Å². The molecule has 37 heavy (non-hydrogen) atoms. The molecular formula is C31H30N2O4. The van der Waals surface area contributed by atoms with Gasteiger partial charge in [-0.2, -0.15) is 0 Å². The first-order valence-electron chi connectivity index (χ1n) is 12.1. The van der Waals surface area contributed by atoms with E-state index >= 15 is 0 Å². The molecule has 6 heteroatoms. The van der Waals surface area contributed by atoms with Crippen LogP contribution in [0.25, 0.3) is 0 Å². The summed E-state index contributed by atoms with van der Waals surface area (Å²) in [5, 5.41) is 5.88. The summed E-state index contributed by atoms with van der Waals surface area (Å²) in [5.74, 6) is 1.63. The highest BCUT2D eigenvalue weighted by Gasteiger charge is 2.21. The van der Waals surface area contributed by atoms with Crippen molar-refractivity contribution in [2.45, 2.75) is 25.4 Å². The molecule has 6 nitrogen and oxygen atoms in total. The predicted octanol–water partition coefficient (Wildman–Crippen LogP) is 5.07. The van der Waals surface area contributed by atoms with Gasteiger partial charge in [-0.3, -0.25) is 9.59 Å². The third-order valence-electron chi connectivity index (χ3n) is 5.80. The molecule has 0 radical (unpaired) electrons. The molecule has 0 aliphatic carbocycles. The Balaban J connectivity index is 1.46. The molecule has 4 rings (SSSR count). The fourth-order valence-electron chi connectivity index (χ4n) is 3.89. The average molecular weight is 495 g/mol. The van der Waals surface area contributed by atoms with E-state index in [1.54, 1.807) is 7.11 Å². The average Bonchev–Trinajstić information content (AvgIpc) is 2.93. The summed E-state index contributed by atoms with van der Waals surface area (Å²) in [7, 11) is 1.60. The fraction of sp³-hybridized carbons (Fsp3) is 0.161. The van der Waals surface area contributed by atoms with Crippen LogP contribution in [-0.2, 0) is 29.0 Å². The van der Waals surface area contributed by atoms with Gasteiger partial charge in [-0.1, -0.05) is 72.8 Å². The van der Waals surface area contributed by atoms with Crippen molar-refractivity contribution < 1.29 is 19.1 Å². The molecule has 0 heterocycles. The smallest absolute Gasteiger partial charge is 0.243 e. The maximum Gasteiger partial charge on any atom is 0.243 e. The van der Waals surface area contributed by atoms with Crippen LogP contribution in [0.5, 0.6) is 17.2 Å². The minimum absolute atomic E-state index is 0.156. The number of carbonyl (C=O) groups excluding carboxylic acids is 2. The molecule has 0 aromatic heterocycles. The van der Waals surface area contributed by atoms with E-state index in [0.717, 1.165) is 28.2 Å². The first-order valence-corrected chi connectivity index (χ1v) is 12.1. The van der Waals surface area contributed by atoms with Gasteiger partial charge in [-0.05, 0) is 53.1 Å². The van der Waals surface area contributed by atoms with Crippen LogP contribution in [0, 0.1) is 0 Å². The van der Waals surface area contributed by atoms with Gasteiger partial charge in [0.2, 0.25) is 11.8 Å². The summed E-state index contributed by atoms with van der Waals surface area (Å²) in [6.07, 6.45) is 0.477. The van der Waals surface area contributed by atoms with Crippen molar-refractivity contribution in [3.63, 3.8) is 0 Å². The summed E-state index contributed by atoms with van der Waals surface area (Å²) in [4.78, 5) is 26.1. The molecule has 0 spiro atoms. The third kappa shape index (κ3) is 7.97. The molecule has 0 saturated carbocycles. The number of hydrogen-bond donors (Lipinski definition) is 2. The Bertz CT molecular complexity index is 1290. The zero-order chi connectivity index (χ0) is 25.9. The van der Waals surface area contributed by atoms with Crippen molar-refractivity contribution in [1.29, 1.82) is 0 Å². The topological polar surface area (TPSA) is 76.7 Å². The highest BCUT2D eigenvalue weighted by molar-refractivity contribution is 5.88. The van der Waals surface area contributed by atoms with Crippen molar-refractivity contribution >= 4 is 11.8 Å². The lowest BCUT2D eigenvalue weighted by molar-refractivity contribution is -0.128. The maximum atomic E-state index is 13.2. The number of methoxy groups -OCH3 is 1. The van der Waals surface area contributed by atoms with Crippen LogP contribution in [-0.4, -0.2) is 25.0 Å². The highest BCUT2D eigenvalue weighted by Crippen LogP contribution is 2.22. The first-order chi connectivity index (χ1) is 18.1. The minimum Gasteiger partial charge on any atom is -0.497 e. The first kappa shape index (κ1) is 25.5. The number of benzene rings is 4. The Labute approximate surface area is 217 Å². The van der Waals surface area contributed by atoms with Crippen molar-refractivity contribution in [1.82, 2.24) is 10.6 Å². The van der Waals surface area contributed by atoms with E-state index in [2.05, 4.69) is 10.6 Å². The molecule has 0 saturated heterocycles. The number of carbonyl (C=O) groups is 2. The van der Waals surface area contributed by atoms with E-state index in [9.17, 15) is 9.59 Å². The highest BCUT2D eigenvalue weighted by atomic mass is 16.5. The number of ether oxygens (including phenoxy) is 2. The lowest BCUT2D eigenvalue weighted by Crippen LogP contribution is -2.48. The van der Waals surface area contributed by atoms with E-state index in [4.69, 9.17) is 9.47 Å². The summed E-state index contributed by atoms with van der Waals surface area (Å²) in [6.45, 7) is 0.377. The third-order valence-corrected chi connectivity index (χ3v) is 5.80. The molecular weight excluding hydrogens is 464 g/mol. The second-order valence-corrected chi connectivity index (χ2v) is 8.61. The summed E-state index contributed by atoms with van der Waals surface area (Å²) in [5.41, 5.74) is 2.69. The minimum atomic E-state index is -0.749. The molecule has 2 amide bonds. The second kappa shape index (κ2) is 12.9. The van der Waals surface area contributed by atoms with E-state index in [0.29, 0.717) is 18.7 Å². The quantitative estimate of drug-likeness (QED) is 0.305. The summed E-state index contributed by atoms with van der Waals surface area (Å²) < 4.78 is 11.1. The molecule has 4 aromatic carbocycles. The molecule has 188 valence electrons. The molecule has 0 aliphatic heterocycles. The van der Waals surface area contributed by atoms with Gasteiger partial charge in [0.25, 0.3) is 0 Å². The number of hydrogen-bond acceptors (Lipinski definition) is 4. The fourth-order valence-corrected chi connectivity index (χ4v) is 3.89. The number of rotatable bonds is 11. The van der Waals surface area contributed by atoms with Crippen LogP contribution in [0.4, 0.5) is 0 Å². The summed E-state index contributed by atoms with van der Waals surface area (Å²) in [6, 6.07) is 33.3. The lowest BCUT2D eigenvalue weighted by atomic mass is 10.0. The van der Waals surface area contributed by atoms with Crippen LogP contribution in [0.15, 0.2) is 109 Å². The molecule has 4 aromatic rings. The maximum absolute atomic E-state index is 13.2. The van der Waals surface area contributed by atoms with Crippen LogP contribution in [0.3, 0.4) is 0 Å². The number of para-hydroxylation sites is 1. The molecule has 0 fully saturated rings. The Morgan fingerprint density at radius 1 is 0.703 bits per heavy atom. The second-order valence-electron chi connectivity index (χ2n) is 8.61. The monoisotopic (exact) mass is 494 g/mol. The zero-order valence-electron chi connectivity index (χ0n) is 20.7. The zero-order valence-corrected chi connectivity index (χ0v) is 20.7. The Morgan fingerprint density at radius 3 is 2.05 bits per heavy atom. The molecule has 2 N–H and O–H groups in total. The van der Waals surface area contributed by atoms with E-state index in [1.165, 1.54) is 0 Å².